The highest BCUT2D eigenvalue weighted by Gasteiger charge is 2.15. The number of benzene rings is 2. The average Bonchev–Trinajstić information content (AvgIpc) is 2.54. The van der Waals surface area contributed by atoms with Crippen LogP contribution < -0.4 is 15.4 Å². The van der Waals surface area contributed by atoms with Gasteiger partial charge in [-0.15, -0.1) is 0 Å². The van der Waals surface area contributed by atoms with Gasteiger partial charge in [-0.05, 0) is 24.6 Å². The summed E-state index contributed by atoms with van der Waals surface area (Å²) in [5.41, 5.74) is 1.65. The number of hydrogen-bond acceptors (Lipinski definition) is 3. The highest BCUT2D eigenvalue weighted by atomic mass is 19.1. The normalized spacial score (nSPS) is 11.7. The third kappa shape index (κ3) is 4.22. The number of carbonyl (C=O) groups excluding carboxylic acids is 1. The molecule has 2 rings (SSSR count). The first-order valence-electron chi connectivity index (χ1n) is 7.61. The highest BCUT2D eigenvalue weighted by molar-refractivity contribution is 5.90. The molecule has 6 heteroatoms. The van der Waals surface area contributed by atoms with E-state index >= 15 is 0 Å². The largest absolute Gasteiger partial charge is 0.494 e. The van der Waals surface area contributed by atoms with Gasteiger partial charge in [-0.2, -0.15) is 0 Å². The Hall–Kier alpha value is -2.63. The van der Waals surface area contributed by atoms with Gasteiger partial charge in [0.25, 0.3) is 0 Å². The number of nitrogens with one attached hydrogen (secondary N) is 2. The Labute approximate surface area is 139 Å². The van der Waals surface area contributed by atoms with Crippen LogP contribution in [0.5, 0.6) is 5.75 Å². The molecule has 0 heterocycles. The van der Waals surface area contributed by atoms with Crippen molar-refractivity contribution in [2.45, 2.75) is 26.3 Å². The predicted octanol–water partition coefficient (Wildman–Crippen LogP) is 4.50. The molecular weight excluding hydrogens is 314 g/mol. The van der Waals surface area contributed by atoms with Crippen molar-refractivity contribution in [1.29, 1.82) is 0 Å². The molecule has 0 aliphatic heterocycles. The summed E-state index contributed by atoms with van der Waals surface area (Å²) in [4.78, 5) is 11.2. The minimum absolute atomic E-state index is 0.200. The maximum atomic E-state index is 14.0. The van der Waals surface area contributed by atoms with Gasteiger partial charge in [0, 0.05) is 30.3 Å². The number of halogens is 2. The van der Waals surface area contributed by atoms with Crippen LogP contribution in [-0.4, -0.2) is 13.0 Å². The van der Waals surface area contributed by atoms with Crippen LogP contribution in [0.25, 0.3) is 0 Å². The van der Waals surface area contributed by atoms with Crippen LogP contribution in [0.4, 0.5) is 20.2 Å². The van der Waals surface area contributed by atoms with Gasteiger partial charge in [0.15, 0.2) is 0 Å². The summed E-state index contributed by atoms with van der Waals surface area (Å²) in [5.74, 6) is -0.901. The Morgan fingerprint density at radius 2 is 1.96 bits per heavy atom. The summed E-state index contributed by atoms with van der Waals surface area (Å²) in [6.07, 6.45) is 0.609. The number of carbonyl (C=O) groups is 1. The predicted molar refractivity (Wildman–Crippen MR) is 90.3 cm³/mol. The number of rotatable bonds is 6. The third-order valence-corrected chi connectivity index (χ3v) is 3.60. The lowest BCUT2D eigenvalue weighted by molar-refractivity contribution is -0.114. The Morgan fingerprint density at radius 1 is 1.21 bits per heavy atom. The van der Waals surface area contributed by atoms with Crippen molar-refractivity contribution in [1.82, 2.24) is 0 Å². The van der Waals surface area contributed by atoms with Gasteiger partial charge in [0.2, 0.25) is 5.91 Å². The average molecular weight is 334 g/mol. The van der Waals surface area contributed by atoms with Crippen LogP contribution in [0.3, 0.4) is 0 Å². The van der Waals surface area contributed by atoms with E-state index in [1.807, 2.05) is 6.92 Å². The van der Waals surface area contributed by atoms with E-state index in [0.29, 0.717) is 29.1 Å². The number of hydrogen-bond donors (Lipinski definition) is 2. The van der Waals surface area contributed by atoms with E-state index in [9.17, 15) is 13.6 Å². The van der Waals surface area contributed by atoms with Crippen LogP contribution in [0.1, 0.15) is 31.9 Å². The number of ether oxygens (including phenoxy) is 1. The maximum absolute atomic E-state index is 14.0. The van der Waals surface area contributed by atoms with Crippen molar-refractivity contribution < 1.29 is 18.3 Å². The Kier molecular flexibility index (Phi) is 5.73. The summed E-state index contributed by atoms with van der Waals surface area (Å²) in [7, 11) is 1.50. The lowest BCUT2D eigenvalue weighted by Gasteiger charge is -2.20. The van der Waals surface area contributed by atoms with Gasteiger partial charge in [-0.1, -0.05) is 13.0 Å². The molecule has 1 amide bonds. The van der Waals surface area contributed by atoms with Gasteiger partial charge >= 0.3 is 0 Å². The van der Waals surface area contributed by atoms with Gasteiger partial charge in [-0.25, -0.2) is 8.78 Å². The van der Waals surface area contributed by atoms with Crippen molar-refractivity contribution >= 4 is 17.3 Å². The molecule has 2 N–H and O–H groups in total. The van der Waals surface area contributed by atoms with E-state index in [-0.39, 0.29) is 11.9 Å². The van der Waals surface area contributed by atoms with Crippen molar-refractivity contribution in [3.8, 4) is 5.75 Å². The molecule has 128 valence electrons. The molecule has 0 fully saturated rings. The van der Waals surface area contributed by atoms with Crippen LogP contribution >= 0.6 is 0 Å². The first-order chi connectivity index (χ1) is 11.4. The Morgan fingerprint density at radius 3 is 2.54 bits per heavy atom. The monoisotopic (exact) mass is 334 g/mol. The Balaban J connectivity index is 2.26. The molecule has 0 saturated heterocycles. The lowest BCUT2D eigenvalue weighted by Crippen LogP contribution is -2.12. The van der Waals surface area contributed by atoms with Crippen LogP contribution in [0.2, 0.25) is 0 Å². The van der Waals surface area contributed by atoms with Crippen molar-refractivity contribution in [2.24, 2.45) is 0 Å². The summed E-state index contributed by atoms with van der Waals surface area (Å²) in [6.45, 7) is 3.32. The molecule has 4 nitrogen and oxygen atoms in total. The molecule has 0 unspecified atom stereocenters. The first kappa shape index (κ1) is 17.7. The molecule has 0 aliphatic rings. The van der Waals surface area contributed by atoms with Gasteiger partial charge in [0.1, 0.15) is 17.4 Å². The summed E-state index contributed by atoms with van der Waals surface area (Å²) < 4.78 is 32.3. The summed E-state index contributed by atoms with van der Waals surface area (Å²) in [6, 6.07) is 8.42. The topological polar surface area (TPSA) is 50.4 Å². The zero-order valence-corrected chi connectivity index (χ0v) is 13.8. The minimum atomic E-state index is -0.604. The highest BCUT2D eigenvalue weighted by Crippen LogP contribution is 2.31. The molecule has 1 atom stereocenters. The molecule has 2 aromatic carbocycles. The smallest absolute Gasteiger partial charge is 0.221 e. The zero-order valence-electron chi connectivity index (χ0n) is 13.8. The molecule has 2 aromatic rings. The van der Waals surface area contributed by atoms with E-state index in [0.717, 1.165) is 6.07 Å². The summed E-state index contributed by atoms with van der Waals surface area (Å²) in [5, 5.41) is 5.88. The molecule has 0 bridgehead atoms. The van der Waals surface area contributed by atoms with Crippen molar-refractivity contribution in [3.63, 3.8) is 0 Å². The van der Waals surface area contributed by atoms with E-state index in [2.05, 4.69) is 10.6 Å². The second kappa shape index (κ2) is 7.77. The molecule has 24 heavy (non-hydrogen) atoms. The van der Waals surface area contributed by atoms with Crippen molar-refractivity contribution in [3.05, 3.63) is 53.6 Å². The van der Waals surface area contributed by atoms with Crippen LogP contribution in [0.15, 0.2) is 36.4 Å². The fourth-order valence-corrected chi connectivity index (χ4v) is 2.46. The third-order valence-electron chi connectivity index (χ3n) is 3.60. The van der Waals surface area contributed by atoms with Crippen LogP contribution in [-0.2, 0) is 4.79 Å². The number of methoxy groups -OCH3 is 1. The minimum Gasteiger partial charge on any atom is -0.494 e. The molecule has 0 spiro atoms. The van der Waals surface area contributed by atoms with Crippen molar-refractivity contribution in [2.75, 3.05) is 17.7 Å². The van der Waals surface area contributed by atoms with Gasteiger partial charge in [-0.3, -0.25) is 4.79 Å². The Bertz CT molecular complexity index is 735. The van der Waals surface area contributed by atoms with Gasteiger partial charge in [0.05, 0.1) is 18.8 Å². The van der Waals surface area contributed by atoms with E-state index in [1.165, 1.54) is 26.2 Å². The number of anilines is 2. The SMILES string of the molecule is CC[C@@H](Nc1ccc(NC(C)=O)c(OC)c1)c1ccc(F)cc1F. The lowest BCUT2D eigenvalue weighted by atomic mass is 10.0. The van der Waals surface area contributed by atoms with E-state index in [4.69, 9.17) is 4.74 Å². The summed E-state index contributed by atoms with van der Waals surface area (Å²) >= 11 is 0. The molecule has 0 radical (unpaired) electrons. The van der Waals surface area contributed by atoms with E-state index in [1.54, 1.807) is 18.2 Å². The maximum Gasteiger partial charge on any atom is 0.221 e. The number of amides is 1. The zero-order chi connectivity index (χ0) is 17.7. The molecule has 0 aliphatic carbocycles. The fourth-order valence-electron chi connectivity index (χ4n) is 2.46. The fraction of sp³-hybridized carbons (Fsp3) is 0.278. The standard InChI is InChI=1S/C18H20F2N2O2/c1-4-16(14-7-5-12(19)9-15(14)20)22-13-6-8-17(21-11(2)23)18(10-13)24-3/h5-10,16,22H,4H2,1-3H3,(H,21,23)/t16-/m1/s1. The van der Waals surface area contributed by atoms with Gasteiger partial charge < -0.3 is 15.4 Å². The van der Waals surface area contributed by atoms with Crippen LogP contribution in [0, 0.1) is 11.6 Å². The second-order valence-corrected chi connectivity index (χ2v) is 5.37. The van der Waals surface area contributed by atoms with E-state index < -0.39 is 11.6 Å². The second-order valence-electron chi connectivity index (χ2n) is 5.37. The molecular formula is C18H20F2N2O2. The molecule has 0 saturated carbocycles. The molecule has 0 aromatic heterocycles. The first-order valence-corrected chi connectivity index (χ1v) is 7.61. The quantitative estimate of drug-likeness (QED) is 0.818.